The van der Waals surface area contributed by atoms with E-state index in [-0.39, 0.29) is 0 Å². The summed E-state index contributed by atoms with van der Waals surface area (Å²) in [5.41, 5.74) is 8.06. The highest BCUT2D eigenvalue weighted by atomic mass is 15.2. The van der Waals surface area contributed by atoms with Gasteiger partial charge in [0.05, 0.1) is 0 Å². The first-order valence-electron chi connectivity index (χ1n) is 7.82. The van der Waals surface area contributed by atoms with E-state index in [2.05, 4.69) is 24.0 Å². The Balaban J connectivity index is 1.68. The van der Waals surface area contributed by atoms with Crippen LogP contribution < -0.4 is 5.73 Å². The van der Waals surface area contributed by atoms with E-state index in [0.29, 0.717) is 0 Å². The standard InChI is InChI=1S/C17H26N2/c1-13-3-2-4-17(11-13)19(16-9-10-16)12-14-5-7-15(18)8-6-14/h5-8,13,16-17H,2-4,9-12,18H2,1H3. The second-order valence-corrected chi connectivity index (χ2v) is 6.57. The maximum absolute atomic E-state index is 5.78. The Morgan fingerprint density at radius 3 is 2.42 bits per heavy atom. The van der Waals surface area contributed by atoms with Crippen molar-refractivity contribution in [2.75, 3.05) is 5.73 Å². The lowest BCUT2D eigenvalue weighted by atomic mass is 9.86. The summed E-state index contributed by atoms with van der Waals surface area (Å²) in [6.45, 7) is 3.53. The van der Waals surface area contributed by atoms with Crippen molar-refractivity contribution in [1.82, 2.24) is 4.90 Å². The molecular formula is C17H26N2. The molecule has 0 saturated heterocycles. The third kappa shape index (κ3) is 3.30. The van der Waals surface area contributed by atoms with Gasteiger partial charge in [-0.2, -0.15) is 0 Å². The normalized spacial score (nSPS) is 27.7. The fraction of sp³-hybridized carbons (Fsp3) is 0.647. The molecule has 2 saturated carbocycles. The molecule has 0 aromatic heterocycles. The lowest BCUT2D eigenvalue weighted by Crippen LogP contribution is -2.39. The van der Waals surface area contributed by atoms with Crippen LogP contribution in [0.2, 0.25) is 0 Å². The number of rotatable bonds is 4. The number of anilines is 1. The van der Waals surface area contributed by atoms with Crippen LogP contribution >= 0.6 is 0 Å². The van der Waals surface area contributed by atoms with Crippen molar-refractivity contribution in [2.24, 2.45) is 5.92 Å². The molecule has 0 radical (unpaired) electrons. The maximum Gasteiger partial charge on any atom is 0.0314 e. The van der Waals surface area contributed by atoms with Gasteiger partial charge < -0.3 is 5.73 Å². The Morgan fingerprint density at radius 1 is 1.05 bits per heavy atom. The zero-order chi connectivity index (χ0) is 13.2. The second kappa shape index (κ2) is 5.54. The minimum absolute atomic E-state index is 0.814. The fourth-order valence-corrected chi connectivity index (χ4v) is 3.50. The highest BCUT2D eigenvalue weighted by Crippen LogP contribution is 2.36. The number of benzene rings is 1. The van der Waals surface area contributed by atoms with Crippen LogP contribution in [0.1, 0.15) is 51.0 Å². The number of nitrogens with zero attached hydrogens (tertiary/aromatic N) is 1. The number of hydrogen-bond acceptors (Lipinski definition) is 2. The molecule has 2 nitrogen and oxygen atoms in total. The van der Waals surface area contributed by atoms with E-state index >= 15 is 0 Å². The van der Waals surface area contributed by atoms with Gasteiger partial charge in [0.15, 0.2) is 0 Å². The largest absolute Gasteiger partial charge is 0.399 e. The monoisotopic (exact) mass is 258 g/mol. The summed E-state index contributed by atoms with van der Waals surface area (Å²) < 4.78 is 0. The van der Waals surface area contributed by atoms with Crippen LogP contribution in [0, 0.1) is 5.92 Å². The average molecular weight is 258 g/mol. The van der Waals surface area contributed by atoms with Crippen molar-refractivity contribution >= 4 is 5.69 Å². The van der Waals surface area contributed by atoms with Crippen molar-refractivity contribution in [3.05, 3.63) is 29.8 Å². The molecule has 2 heteroatoms. The minimum Gasteiger partial charge on any atom is -0.399 e. The van der Waals surface area contributed by atoms with Crippen molar-refractivity contribution in [3.63, 3.8) is 0 Å². The first-order chi connectivity index (χ1) is 9.22. The molecule has 2 atom stereocenters. The van der Waals surface area contributed by atoms with Crippen LogP contribution in [-0.4, -0.2) is 17.0 Å². The van der Waals surface area contributed by atoms with Gasteiger partial charge in [0, 0.05) is 24.3 Å². The molecule has 2 fully saturated rings. The topological polar surface area (TPSA) is 29.3 Å². The van der Waals surface area contributed by atoms with Gasteiger partial charge in [0.1, 0.15) is 0 Å². The van der Waals surface area contributed by atoms with E-state index in [1.54, 1.807) is 0 Å². The number of nitrogens with two attached hydrogens (primary N) is 1. The first-order valence-corrected chi connectivity index (χ1v) is 7.82. The molecule has 1 aromatic carbocycles. The second-order valence-electron chi connectivity index (χ2n) is 6.57. The molecule has 0 bridgehead atoms. The Kier molecular flexibility index (Phi) is 3.79. The van der Waals surface area contributed by atoms with Crippen LogP contribution in [-0.2, 0) is 6.54 Å². The zero-order valence-electron chi connectivity index (χ0n) is 12.0. The third-order valence-corrected chi connectivity index (χ3v) is 4.74. The molecule has 104 valence electrons. The van der Waals surface area contributed by atoms with E-state index in [1.165, 1.54) is 44.1 Å². The number of nitrogen functional groups attached to an aromatic ring is 1. The van der Waals surface area contributed by atoms with E-state index in [1.807, 2.05) is 12.1 Å². The highest BCUT2D eigenvalue weighted by molar-refractivity contribution is 5.39. The summed E-state index contributed by atoms with van der Waals surface area (Å²) in [6, 6.07) is 10.1. The van der Waals surface area contributed by atoms with Gasteiger partial charge in [-0.3, -0.25) is 4.90 Å². The van der Waals surface area contributed by atoms with E-state index < -0.39 is 0 Å². The van der Waals surface area contributed by atoms with Crippen LogP contribution in [0.15, 0.2) is 24.3 Å². The van der Waals surface area contributed by atoms with Gasteiger partial charge in [0.2, 0.25) is 0 Å². The van der Waals surface area contributed by atoms with E-state index in [0.717, 1.165) is 30.2 Å². The molecule has 0 amide bonds. The van der Waals surface area contributed by atoms with E-state index in [9.17, 15) is 0 Å². The first kappa shape index (κ1) is 13.0. The van der Waals surface area contributed by atoms with Crippen molar-refractivity contribution in [1.29, 1.82) is 0 Å². The van der Waals surface area contributed by atoms with Gasteiger partial charge in [-0.15, -0.1) is 0 Å². The fourth-order valence-electron chi connectivity index (χ4n) is 3.50. The summed E-state index contributed by atoms with van der Waals surface area (Å²) in [5.74, 6) is 0.909. The quantitative estimate of drug-likeness (QED) is 0.832. The predicted octanol–water partition coefficient (Wildman–Crippen LogP) is 3.81. The molecule has 0 heterocycles. The van der Waals surface area contributed by atoms with Crippen LogP contribution in [0.5, 0.6) is 0 Å². The van der Waals surface area contributed by atoms with Gasteiger partial charge >= 0.3 is 0 Å². The average Bonchev–Trinajstić information content (AvgIpc) is 3.22. The molecule has 2 unspecified atom stereocenters. The molecule has 3 rings (SSSR count). The van der Waals surface area contributed by atoms with Crippen molar-refractivity contribution in [3.8, 4) is 0 Å². The predicted molar refractivity (Wildman–Crippen MR) is 80.8 cm³/mol. The minimum atomic E-state index is 0.814. The Labute approximate surface area is 117 Å². The molecule has 2 aliphatic rings. The Hall–Kier alpha value is -1.02. The van der Waals surface area contributed by atoms with Crippen LogP contribution in [0.3, 0.4) is 0 Å². The zero-order valence-corrected chi connectivity index (χ0v) is 12.0. The van der Waals surface area contributed by atoms with Crippen molar-refractivity contribution < 1.29 is 0 Å². The van der Waals surface area contributed by atoms with Crippen LogP contribution in [0.25, 0.3) is 0 Å². The van der Waals surface area contributed by atoms with Crippen LogP contribution in [0.4, 0.5) is 5.69 Å². The lowest BCUT2D eigenvalue weighted by molar-refractivity contribution is 0.119. The molecule has 2 N–H and O–H groups in total. The smallest absolute Gasteiger partial charge is 0.0314 e. The third-order valence-electron chi connectivity index (χ3n) is 4.74. The summed E-state index contributed by atoms with van der Waals surface area (Å²) in [5, 5.41) is 0. The van der Waals surface area contributed by atoms with Gasteiger partial charge in [-0.05, 0) is 49.3 Å². The summed E-state index contributed by atoms with van der Waals surface area (Å²) in [4.78, 5) is 2.78. The van der Waals surface area contributed by atoms with Gasteiger partial charge in [0.25, 0.3) is 0 Å². The Bertz CT molecular complexity index is 408. The maximum atomic E-state index is 5.78. The summed E-state index contributed by atoms with van der Waals surface area (Å²) in [6.07, 6.45) is 8.44. The molecular weight excluding hydrogens is 232 g/mol. The van der Waals surface area contributed by atoms with E-state index in [4.69, 9.17) is 5.73 Å². The summed E-state index contributed by atoms with van der Waals surface area (Å²) >= 11 is 0. The Morgan fingerprint density at radius 2 is 1.79 bits per heavy atom. The molecule has 0 aliphatic heterocycles. The molecule has 1 aromatic rings. The number of hydrogen-bond donors (Lipinski definition) is 1. The van der Waals surface area contributed by atoms with Gasteiger partial charge in [-0.1, -0.05) is 31.9 Å². The molecule has 0 spiro atoms. The molecule has 2 aliphatic carbocycles. The summed E-state index contributed by atoms with van der Waals surface area (Å²) in [7, 11) is 0. The lowest BCUT2D eigenvalue weighted by Gasteiger charge is -2.37. The van der Waals surface area contributed by atoms with Gasteiger partial charge in [-0.25, -0.2) is 0 Å². The van der Waals surface area contributed by atoms with Crippen molar-refractivity contribution in [2.45, 2.75) is 64.1 Å². The molecule has 19 heavy (non-hydrogen) atoms. The highest BCUT2D eigenvalue weighted by Gasteiger charge is 2.35. The SMILES string of the molecule is CC1CCCC(N(Cc2ccc(N)cc2)C2CC2)C1.